The van der Waals surface area contributed by atoms with Crippen LogP contribution in [0.25, 0.3) is 0 Å². The summed E-state index contributed by atoms with van der Waals surface area (Å²) in [6, 6.07) is 5.90. The second-order valence-corrected chi connectivity index (χ2v) is 7.75. The summed E-state index contributed by atoms with van der Waals surface area (Å²) in [6.45, 7) is 5.94. The quantitative estimate of drug-likeness (QED) is 0.789. The molecule has 2 rings (SSSR count). The van der Waals surface area contributed by atoms with Gasteiger partial charge in [-0.05, 0) is 57.9 Å². The van der Waals surface area contributed by atoms with Gasteiger partial charge in [-0.2, -0.15) is 0 Å². The second kappa shape index (κ2) is 9.25. The molecular formula is C20H30N2O6. The van der Waals surface area contributed by atoms with E-state index in [-0.39, 0.29) is 6.54 Å². The minimum atomic E-state index is -0.824. The fourth-order valence-electron chi connectivity index (χ4n) is 3.07. The Morgan fingerprint density at radius 2 is 1.82 bits per heavy atom. The Kier molecular flexibility index (Phi) is 7.26. The van der Waals surface area contributed by atoms with Crippen LogP contribution in [0, 0.1) is 0 Å². The van der Waals surface area contributed by atoms with Crippen LogP contribution in [0.5, 0.6) is 5.75 Å². The van der Waals surface area contributed by atoms with Crippen LogP contribution in [0.4, 0.5) is 4.79 Å². The zero-order valence-corrected chi connectivity index (χ0v) is 17.2. The molecule has 1 aliphatic rings. The maximum atomic E-state index is 13.0. The standard InChI is InChI=1S/C20H30N2O6/c1-20(2,3)28-19(25)21-12-6-7-17(23)16(13-21)22(27-5)18(24)14-8-10-15(26-4)11-9-14/h8-11,16-17,23H,6-7,12-13H2,1-5H3/t16-,17-/m1/s1. The normalized spacial score (nSPS) is 20.3. The van der Waals surface area contributed by atoms with E-state index in [0.29, 0.717) is 30.7 Å². The predicted molar refractivity (Wildman–Crippen MR) is 103 cm³/mol. The molecular weight excluding hydrogens is 364 g/mol. The van der Waals surface area contributed by atoms with Crippen LogP contribution in [0.2, 0.25) is 0 Å². The maximum absolute atomic E-state index is 13.0. The number of carbonyl (C=O) groups excluding carboxylic acids is 2. The molecule has 156 valence electrons. The van der Waals surface area contributed by atoms with Gasteiger partial charge in [0.15, 0.2) is 0 Å². The number of hydrogen-bond donors (Lipinski definition) is 1. The molecule has 8 nitrogen and oxygen atoms in total. The van der Waals surface area contributed by atoms with Gasteiger partial charge in [-0.1, -0.05) is 0 Å². The average Bonchev–Trinajstić information content (AvgIpc) is 2.83. The van der Waals surface area contributed by atoms with Gasteiger partial charge in [0.1, 0.15) is 17.4 Å². The van der Waals surface area contributed by atoms with Gasteiger partial charge in [-0.15, -0.1) is 0 Å². The second-order valence-electron chi connectivity index (χ2n) is 7.75. The van der Waals surface area contributed by atoms with E-state index >= 15 is 0 Å². The Balaban J connectivity index is 2.20. The third-order valence-corrected chi connectivity index (χ3v) is 4.47. The maximum Gasteiger partial charge on any atom is 0.410 e. The van der Waals surface area contributed by atoms with Crippen molar-refractivity contribution >= 4 is 12.0 Å². The van der Waals surface area contributed by atoms with Crippen LogP contribution in [-0.4, -0.2) is 72.1 Å². The number of hydrogen-bond acceptors (Lipinski definition) is 6. The number of ether oxygens (including phenoxy) is 2. The van der Waals surface area contributed by atoms with Gasteiger partial charge in [0.25, 0.3) is 5.91 Å². The van der Waals surface area contributed by atoms with Gasteiger partial charge >= 0.3 is 6.09 Å². The number of hydroxylamine groups is 2. The molecule has 28 heavy (non-hydrogen) atoms. The molecule has 0 bridgehead atoms. The number of amides is 2. The number of rotatable bonds is 4. The molecule has 1 aromatic carbocycles. The summed E-state index contributed by atoms with van der Waals surface area (Å²) in [6.07, 6.45) is -0.251. The smallest absolute Gasteiger partial charge is 0.410 e. The van der Waals surface area contributed by atoms with E-state index in [9.17, 15) is 14.7 Å². The number of nitrogens with zero attached hydrogens (tertiary/aromatic N) is 2. The number of aliphatic hydroxyl groups is 1. The first-order chi connectivity index (χ1) is 13.2. The first kappa shape index (κ1) is 22.0. The van der Waals surface area contributed by atoms with Gasteiger partial charge in [-0.25, -0.2) is 9.86 Å². The van der Waals surface area contributed by atoms with Crippen molar-refractivity contribution in [2.45, 2.75) is 51.4 Å². The van der Waals surface area contributed by atoms with E-state index in [2.05, 4.69) is 0 Å². The Morgan fingerprint density at radius 1 is 1.18 bits per heavy atom. The third-order valence-electron chi connectivity index (χ3n) is 4.47. The number of benzene rings is 1. The topological polar surface area (TPSA) is 88.5 Å². The highest BCUT2D eigenvalue weighted by molar-refractivity contribution is 5.94. The molecule has 8 heteroatoms. The lowest BCUT2D eigenvalue weighted by Crippen LogP contribution is -2.52. The highest BCUT2D eigenvalue weighted by atomic mass is 16.7. The SMILES string of the molecule is COc1ccc(C(=O)N(OC)[C@@H]2CN(C(=O)OC(C)(C)C)CCC[C@H]2O)cc1. The highest BCUT2D eigenvalue weighted by Gasteiger charge is 2.37. The third kappa shape index (κ3) is 5.59. The fourth-order valence-corrected chi connectivity index (χ4v) is 3.07. The first-order valence-electron chi connectivity index (χ1n) is 9.34. The molecule has 1 fully saturated rings. The fraction of sp³-hybridized carbons (Fsp3) is 0.600. The summed E-state index contributed by atoms with van der Waals surface area (Å²) in [4.78, 5) is 32.3. The van der Waals surface area contributed by atoms with Gasteiger partial charge in [-0.3, -0.25) is 9.63 Å². The number of aliphatic hydroxyl groups excluding tert-OH is 1. The van der Waals surface area contributed by atoms with E-state index in [4.69, 9.17) is 14.3 Å². The molecule has 0 saturated carbocycles. The van der Waals surface area contributed by atoms with Crippen molar-refractivity contribution < 1.29 is 29.0 Å². The highest BCUT2D eigenvalue weighted by Crippen LogP contribution is 2.22. The van der Waals surface area contributed by atoms with Crippen LogP contribution < -0.4 is 4.74 Å². The molecule has 2 atom stereocenters. The zero-order chi connectivity index (χ0) is 20.9. The minimum Gasteiger partial charge on any atom is -0.497 e. The summed E-state index contributed by atoms with van der Waals surface area (Å²) in [5.74, 6) is 0.228. The molecule has 1 N–H and O–H groups in total. The Hall–Kier alpha value is -2.32. The van der Waals surface area contributed by atoms with E-state index in [1.807, 2.05) is 0 Å². The molecule has 1 aliphatic heterocycles. The lowest BCUT2D eigenvalue weighted by Gasteiger charge is -2.34. The van der Waals surface area contributed by atoms with E-state index < -0.39 is 29.7 Å². The number of methoxy groups -OCH3 is 1. The van der Waals surface area contributed by atoms with E-state index in [1.54, 1.807) is 52.1 Å². The summed E-state index contributed by atoms with van der Waals surface area (Å²) in [5.41, 5.74) is -0.236. The predicted octanol–water partition coefficient (Wildman–Crippen LogP) is 2.46. The summed E-state index contributed by atoms with van der Waals surface area (Å²) in [7, 11) is 2.92. The lowest BCUT2D eigenvalue weighted by atomic mass is 10.1. The summed E-state index contributed by atoms with van der Waals surface area (Å²) in [5, 5.41) is 11.7. The molecule has 2 amide bonds. The number of likely N-dealkylation sites (tertiary alicyclic amines) is 1. The molecule has 1 aromatic rings. The Labute approximate surface area is 165 Å². The van der Waals surface area contributed by atoms with Crippen LogP contribution in [0.3, 0.4) is 0 Å². The molecule has 1 saturated heterocycles. The van der Waals surface area contributed by atoms with Crippen molar-refractivity contribution in [2.24, 2.45) is 0 Å². The monoisotopic (exact) mass is 394 g/mol. The molecule has 0 spiro atoms. The van der Waals surface area contributed by atoms with Gasteiger partial charge in [0.2, 0.25) is 0 Å². The van der Waals surface area contributed by atoms with Gasteiger partial charge in [0.05, 0.1) is 20.3 Å². The van der Waals surface area contributed by atoms with Crippen molar-refractivity contribution in [3.8, 4) is 5.75 Å². The van der Waals surface area contributed by atoms with Crippen molar-refractivity contribution in [2.75, 3.05) is 27.3 Å². The Bertz CT molecular complexity index is 670. The average molecular weight is 394 g/mol. The number of carbonyl (C=O) groups is 2. The van der Waals surface area contributed by atoms with E-state index in [0.717, 1.165) is 5.06 Å². The van der Waals surface area contributed by atoms with Crippen LogP contribution in [0.1, 0.15) is 44.0 Å². The van der Waals surface area contributed by atoms with Crippen LogP contribution >= 0.6 is 0 Å². The molecule has 0 unspecified atom stereocenters. The Morgan fingerprint density at radius 3 is 2.36 bits per heavy atom. The zero-order valence-electron chi connectivity index (χ0n) is 17.2. The molecule has 0 aliphatic carbocycles. The minimum absolute atomic E-state index is 0.117. The summed E-state index contributed by atoms with van der Waals surface area (Å²) >= 11 is 0. The van der Waals surface area contributed by atoms with Gasteiger partial charge < -0.3 is 19.5 Å². The molecule has 0 aromatic heterocycles. The molecule has 0 radical (unpaired) electrons. The van der Waals surface area contributed by atoms with Crippen molar-refractivity contribution in [3.05, 3.63) is 29.8 Å². The van der Waals surface area contributed by atoms with Crippen LogP contribution in [0.15, 0.2) is 24.3 Å². The van der Waals surface area contributed by atoms with Crippen LogP contribution in [-0.2, 0) is 9.57 Å². The molecule has 1 heterocycles. The lowest BCUT2D eigenvalue weighted by molar-refractivity contribution is -0.149. The van der Waals surface area contributed by atoms with Crippen molar-refractivity contribution in [1.82, 2.24) is 9.96 Å². The van der Waals surface area contributed by atoms with Gasteiger partial charge in [0, 0.05) is 18.7 Å². The van der Waals surface area contributed by atoms with Crippen molar-refractivity contribution in [1.29, 1.82) is 0 Å². The summed E-state index contributed by atoms with van der Waals surface area (Å²) < 4.78 is 10.6. The largest absolute Gasteiger partial charge is 0.497 e. The first-order valence-corrected chi connectivity index (χ1v) is 9.34. The van der Waals surface area contributed by atoms with E-state index in [1.165, 1.54) is 12.0 Å². The van der Waals surface area contributed by atoms with Crippen molar-refractivity contribution in [3.63, 3.8) is 0 Å².